The summed E-state index contributed by atoms with van der Waals surface area (Å²) in [5.41, 5.74) is 0. The highest BCUT2D eigenvalue weighted by Gasteiger charge is 2.19. The second kappa shape index (κ2) is 65.4. The molecule has 0 aliphatic heterocycles. The van der Waals surface area contributed by atoms with Crippen molar-refractivity contribution in [2.24, 2.45) is 0 Å². The molecule has 0 radical (unpaired) electrons. The van der Waals surface area contributed by atoms with Gasteiger partial charge in [0.25, 0.3) is 0 Å². The molecule has 6 heteroatoms. The first kappa shape index (κ1) is 73.8. The molecular formula is C71H126O6. The minimum Gasteiger partial charge on any atom is -0.462 e. The molecule has 1 unspecified atom stereocenters. The summed E-state index contributed by atoms with van der Waals surface area (Å²) in [7, 11) is 0. The zero-order valence-electron chi connectivity index (χ0n) is 51.2. The van der Waals surface area contributed by atoms with Gasteiger partial charge in [0.2, 0.25) is 0 Å². The molecule has 0 saturated heterocycles. The summed E-state index contributed by atoms with van der Waals surface area (Å²) >= 11 is 0. The van der Waals surface area contributed by atoms with Gasteiger partial charge >= 0.3 is 17.9 Å². The molecule has 0 spiro atoms. The maximum Gasteiger partial charge on any atom is 0.306 e. The van der Waals surface area contributed by atoms with Gasteiger partial charge in [-0.2, -0.15) is 0 Å². The average molecular weight is 1080 g/mol. The van der Waals surface area contributed by atoms with Crippen LogP contribution in [0.15, 0.2) is 72.9 Å². The standard InChI is InChI=1S/C71H126O6/c1-4-7-10-13-16-19-22-25-28-30-32-34-35-36-37-38-40-41-43-46-49-52-55-58-61-64-70(73)76-67-68(66-75-69(72)63-60-57-54-51-48-45-27-24-21-18-15-12-9-6-3)77-71(74)65-62-59-56-53-50-47-44-42-39-33-31-29-26-23-20-17-14-11-8-5-2/h7,10,16,19,25,28,32,34,36-37,40-41,68H,4-6,8-9,11-15,17-18,20-24,26-27,29-31,33,35,38-39,42-67H2,1-3H3/b10-7-,19-16-,28-25-,34-32-,37-36-,41-40-. The van der Waals surface area contributed by atoms with Crippen LogP contribution in [-0.4, -0.2) is 37.2 Å². The molecule has 0 aromatic heterocycles. The van der Waals surface area contributed by atoms with E-state index in [1.165, 1.54) is 199 Å². The lowest BCUT2D eigenvalue weighted by Gasteiger charge is -2.18. The topological polar surface area (TPSA) is 78.9 Å². The Morgan fingerprint density at radius 3 is 0.792 bits per heavy atom. The van der Waals surface area contributed by atoms with E-state index in [1.807, 2.05) is 0 Å². The Morgan fingerprint density at radius 2 is 0.506 bits per heavy atom. The molecule has 0 saturated carbocycles. The first-order valence-electron chi connectivity index (χ1n) is 33.4. The number of carbonyl (C=O) groups is 3. The van der Waals surface area contributed by atoms with Gasteiger partial charge in [0, 0.05) is 19.3 Å². The summed E-state index contributed by atoms with van der Waals surface area (Å²) in [5, 5.41) is 0. The number of carbonyl (C=O) groups excluding carboxylic acids is 3. The van der Waals surface area contributed by atoms with Crippen LogP contribution in [0.25, 0.3) is 0 Å². The van der Waals surface area contributed by atoms with E-state index in [9.17, 15) is 14.4 Å². The van der Waals surface area contributed by atoms with Gasteiger partial charge in [0.15, 0.2) is 6.10 Å². The first-order valence-corrected chi connectivity index (χ1v) is 33.4. The maximum absolute atomic E-state index is 12.9. The molecule has 0 aliphatic carbocycles. The molecule has 6 nitrogen and oxygen atoms in total. The zero-order valence-corrected chi connectivity index (χ0v) is 51.2. The van der Waals surface area contributed by atoms with Crippen LogP contribution in [0.1, 0.15) is 342 Å². The lowest BCUT2D eigenvalue weighted by molar-refractivity contribution is -0.167. The van der Waals surface area contributed by atoms with Crippen molar-refractivity contribution < 1.29 is 28.6 Å². The number of unbranched alkanes of at least 4 members (excludes halogenated alkanes) is 38. The number of hydrogen-bond donors (Lipinski definition) is 0. The molecule has 0 aromatic rings. The van der Waals surface area contributed by atoms with Crippen LogP contribution in [0.4, 0.5) is 0 Å². The third-order valence-electron chi connectivity index (χ3n) is 14.7. The Balaban J connectivity index is 4.34. The quantitative estimate of drug-likeness (QED) is 0.0261. The fourth-order valence-electron chi connectivity index (χ4n) is 9.74. The van der Waals surface area contributed by atoms with Crippen molar-refractivity contribution in [3.63, 3.8) is 0 Å². The fraction of sp³-hybridized carbons (Fsp3) is 0.789. The van der Waals surface area contributed by atoms with Crippen LogP contribution in [0.3, 0.4) is 0 Å². The van der Waals surface area contributed by atoms with Gasteiger partial charge in [0.1, 0.15) is 13.2 Å². The fourth-order valence-corrected chi connectivity index (χ4v) is 9.74. The Hall–Kier alpha value is -3.15. The lowest BCUT2D eigenvalue weighted by Crippen LogP contribution is -2.30. The Bertz CT molecular complexity index is 1420. The van der Waals surface area contributed by atoms with Crippen LogP contribution in [0.2, 0.25) is 0 Å². The van der Waals surface area contributed by atoms with Gasteiger partial charge in [-0.05, 0) is 70.6 Å². The molecule has 77 heavy (non-hydrogen) atoms. The average Bonchev–Trinajstić information content (AvgIpc) is 3.43. The number of hydrogen-bond acceptors (Lipinski definition) is 6. The predicted octanol–water partition coefficient (Wildman–Crippen LogP) is 22.9. The first-order chi connectivity index (χ1) is 38.0. The van der Waals surface area contributed by atoms with Crippen molar-refractivity contribution in [3.8, 4) is 0 Å². The van der Waals surface area contributed by atoms with Crippen molar-refractivity contribution in [1.82, 2.24) is 0 Å². The van der Waals surface area contributed by atoms with Crippen LogP contribution in [-0.2, 0) is 28.6 Å². The van der Waals surface area contributed by atoms with Crippen LogP contribution in [0, 0.1) is 0 Å². The molecule has 0 heterocycles. The highest BCUT2D eigenvalue weighted by molar-refractivity contribution is 5.71. The van der Waals surface area contributed by atoms with Crippen molar-refractivity contribution in [2.75, 3.05) is 13.2 Å². The summed E-state index contributed by atoms with van der Waals surface area (Å²) in [4.78, 5) is 38.4. The molecule has 0 N–H and O–H groups in total. The third-order valence-corrected chi connectivity index (χ3v) is 14.7. The van der Waals surface area contributed by atoms with Crippen LogP contribution >= 0.6 is 0 Å². The van der Waals surface area contributed by atoms with Gasteiger partial charge in [-0.3, -0.25) is 14.4 Å². The monoisotopic (exact) mass is 1070 g/mol. The SMILES string of the molecule is CC/C=C\C/C=C\C/C=C\C/C=C\C/C=C\C/C=C\CCCCCCCCC(=O)OCC(COC(=O)CCCCCCCCCCCCCCCC)OC(=O)CCCCCCCCCCCCCCCCCCCCCC. The molecule has 0 aromatic carbocycles. The van der Waals surface area contributed by atoms with Gasteiger partial charge in [-0.25, -0.2) is 0 Å². The summed E-state index contributed by atoms with van der Waals surface area (Å²) < 4.78 is 17.0. The van der Waals surface area contributed by atoms with E-state index in [0.29, 0.717) is 19.3 Å². The molecule has 0 rings (SSSR count). The Kier molecular flexibility index (Phi) is 62.7. The van der Waals surface area contributed by atoms with Crippen LogP contribution < -0.4 is 0 Å². The molecule has 0 amide bonds. The minimum atomic E-state index is -0.780. The lowest BCUT2D eigenvalue weighted by atomic mass is 10.0. The number of esters is 3. The summed E-state index contributed by atoms with van der Waals surface area (Å²) in [5.74, 6) is -0.869. The van der Waals surface area contributed by atoms with Gasteiger partial charge in [-0.15, -0.1) is 0 Å². The zero-order chi connectivity index (χ0) is 55.7. The third kappa shape index (κ3) is 63.6. The number of rotatable bonds is 61. The summed E-state index contributed by atoms with van der Waals surface area (Å²) in [6.07, 6.45) is 84.8. The number of allylic oxidation sites excluding steroid dienone is 12. The second-order valence-corrected chi connectivity index (χ2v) is 22.4. The van der Waals surface area contributed by atoms with E-state index in [4.69, 9.17) is 14.2 Å². The summed E-state index contributed by atoms with van der Waals surface area (Å²) in [6, 6.07) is 0. The smallest absolute Gasteiger partial charge is 0.306 e. The summed E-state index contributed by atoms with van der Waals surface area (Å²) in [6.45, 7) is 6.57. The highest BCUT2D eigenvalue weighted by atomic mass is 16.6. The van der Waals surface area contributed by atoms with Gasteiger partial charge in [0.05, 0.1) is 0 Å². The van der Waals surface area contributed by atoms with E-state index < -0.39 is 6.10 Å². The molecular weight excluding hydrogens is 949 g/mol. The Morgan fingerprint density at radius 1 is 0.273 bits per heavy atom. The van der Waals surface area contributed by atoms with E-state index >= 15 is 0 Å². The van der Waals surface area contributed by atoms with Crippen LogP contribution in [0.5, 0.6) is 0 Å². The van der Waals surface area contributed by atoms with Crippen molar-refractivity contribution in [1.29, 1.82) is 0 Å². The minimum absolute atomic E-state index is 0.0751. The van der Waals surface area contributed by atoms with Crippen molar-refractivity contribution in [3.05, 3.63) is 72.9 Å². The Labute approximate surface area is 478 Å². The van der Waals surface area contributed by atoms with Gasteiger partial charge in [-0.1, -0.05) is 325 Å². The van der Waals surface area contributed by atoms with E-state index in [1.54, 1.807) is 0 Å². The largest absolute Gasteiger partial charge is 0.462 e. The van der Waals surface area contributed by atoms with E-state index in [2.05, 4.69) is 93.7 Å². The maximum atomic E-state index is 12.9. The molecule has 0 fully saturated rings. The number of ether oxygens (including phenoxy) is 3. The van der Waals surface area contributed by atoms with E-state index in [-0.39, 0.29) is 31.1 Å². The molecule has 446 valence electrons. The molecule has 0 bridgehead atoms. The predicted molar refractivity (Wildman–Crippen MR) is 335 cm³/mol. The molecule has 0 aliphatic rings. The highest BCUT2D eigenvalue weighted by Crippen LogP contribution is 2.18. The second-order valence-electron chi connectivity index (χ2n) is 22.4. The normalized spacial score (nSPS) is 12.5. The van der Waals surface area contributed by atoms with E-state index in [0.717, 1.165) is 103 Å². The van der Waals surface area contributed by atoms with Crippen molar-refractivity contribution >= 4 is 17.9 Å². The molecule has 1 atom stereocenters. The van der Waals surface area contributed by atoms with Gasteiger partial charge < -0.3 is 14.2 Å². The van der Waals surface area contributed by atoms with Crippen molar-refractivity contribution in [2.45, 2.75) is 348 Å².